The van der Waals surface area contributed by atoms with Gasteiger partial charge in [-0.25, -0.2) is 4.39 Å². The Morgan fingerprint density at radius 2 is 1.74 bits per heavy atom. The average molecular weight is 387 g/mol. The van der Waals surface area contributed by atoms with Crippen molar-refractivity contribution in [1.29, 1.82) is 0 Å². The standard InChI is InChI=1S/C15H14Br2FN/c16-13-4-2-1-3-11(13)9-12(19)7-10-5-6-15(18)14(17)8-10/h1-6,8,12H,7,9,19H2. The van der Waals surface area contributed by atoms with E-state index in [-0.39, 0.29) is 11.9 Å². The third-order valence-corrected chi connectivity index (χ3v) is 4.30. The highest BCUT2D eigenvalue weighted by Gasteiger charge is 2.09. The second-order valence-corrected chi connectivity index (χ2v) is 6.22. The molecule has 0 spiro atoms. The van der Waals surface area contributed by atoms with E-state index in [0.717, 1.165) is 22.9 Å². The Kier molecular flexibility index (Phi) is 5.13. The lowest BCUT2D eigenvalue weighted by molar-refractivity contribution is 0.617. The minimum absolute atomic E-state index is 0.0102. The lowest BCUT2D eigenvalue weighted by Crippen LogP contribution is -2.25. The highest BCUT2D eigenvalue weighted by molar-refractivity contribution is 9.10. The molecule has 2 rings (SSSR count). The van der Waals surface area contributed by atoms with E-state index in [9.17, 15) is 4.39 Å². The summed E-state index contributed by atoms with van der Waals surface area (Å²) in [6, 6.07) is 13.1. The van der Waals surface area contributed by atoms with E-state index in [0.29, 0.717) is 4.47 Å². The van der Waals surface area contributed by atoms with Crippen LogP contribution in [0.25, 0.3) is 0 Å². The van der Waals surface area contributed by atoms with Crippen LogP contribution in [-0.2, 0) is 12.8 Å². The Hall–Kier alpha value is -0.710. The molecule has 0 saturated carbocycles. The topological polar surface area (TPSA) is 26.0 Å². The van der Waals surface area contributed by atoms with Gasteiger partial charge in [-0.1, -0.05) is 40.2 Å². The van der Waals surface area contributed by atoms with Crippen molar-refractivity contribution in [2.24, 2.45) is 5.73 Å². The maximum absolute atomic E-state index is 13.2. The van der Waals surface area contributed by atoms with Crippen molar-refractivity contribution in [2.75, 3.05) is 0 Å². The first-order valence-corrected chi connectivity index (χ1v) is 7.58. The minimum atomic E-state index is -0.247. The Morgan fingerprint density at radius 3 is 2.42 bits per heavy atom. The van der Waals surface area contributed by atoms with Gasteiger partial charge < -0.3 is 5.73 Å². The van der Waals surface area contributed by atoms with Gasteiger partial charge in [0.15, 0.2) is 0 Å². The number of halogens is 3. The summed E-state index contributed by atoms with van der Waals surface area (Å²) in [5.41, 5.74) is 8.39. The molecular formula is C15H14Br2FN. The highest BCUT2D eigenvalue weighted by Crippen LogP contribution is 2.20. The molecule has 19 heavy (non-hydrogen) atoms. The van der Waals surface area contributed by atoms with Crippen LogP contribution in [0, 0.1) is 5.82 Å². The third-order valence-electron chi connectivity index (χ3n) is 2.92. The van der Waals surface area contributed by atoms with Crippen molar-refractivity contribution in [1.82, 2.24) is 0 Å². The maximum Gasteiger partial charge on any atom is 0.137 e. The van der Waals surface area contributed by atoms with Crippen LogP contribution in [0.2, 0.25) is 0 Å². The molecule has 0 aliphatic carbocycles. The van der Waals surface area contributed by atoms with E-state index < -0.39 is 0 Å². The molecule has 0 bridgehead atoms. The Balaban J connectivity index is 2.03. The van der Waals surface area contributed by atoms with Gasteiger partial charge in [-0.3, -0.25) is 0 Å². The van der Waals surface area contributed by atoms with Crippen molar-refractivity contribution in [3.63, 3.8) is 0 Å². The fraction of sp³-hybridized carbons (Fsp3) is 0.200. The van der Waals surface area contributed by atoms with Gasteiger partial charge in [0.25, 0.3) is 0 Å². The van der Waals surface area contributed by atoms with Crippen LogP contribution in [0.5, 0.6) is 0 Å². The molecule has 0 amide bonds. The lowest BCUT2D eigenvalue weighted by Gasteiger charge is -2.13. The van der Waals surface area contributed by atoms with Crippen molar-refractivity contribution >= 4 is 31.9 Å². The van der Waals surface area contributed by atoms with Gasteiger partial charge in [0, 0.05) is 10.5 Å². The van der Waals surface area contributed by atoms with Crippen LogP contribution in [0.4, 0.5) is 4.39 Å². The van der Waals surface area contributed by atoms with E-state index in [2.05, 4.69) is 37.9 Å². The summed E-state index contributed by atoms with van der Waals surface area (Å²) >= 11 is 6.71. The fourth-order valence-electron chi connectivity index (χ4n) is 1.99. The van der Waals surface area contributed by atoms with E-state index in [1.54, 1.807) is 12.1 Å². The van der Waals surface area contributed by atoms with Crippen molar-refractivity contribution in [3.8, 4) is 0 Å². The van der Waals surface area contributed by atoms with Crippen molar-refractivity contribution in [2.45, 2.75) is 18.9 Å². The third kappa shape index (κ3) is 4.13. The maximum atomic E-state index is 13.2. The first kappa shape index (κ1) is 14.7. The fourth-order valence-corrected chi connectivity index (χ4v) is 2.86. The quantitative estimate of drug-likeness (QED) is 0.824. The predicted octanol–water partition coefficient (Wildman–Crippen LogP) is 4.46. The van der Waals surface area contributed by atoms with Crippen LogP contribution >= 0.6 is 31.9 Å². The molecule has 2 aromatic rings. The van der Waals surface area contributed by atoms with E-state index >= 15 is 0 Å². The van der Waals surface area contributed by atoms with Crippen LogP contribution in [0.3, 0.4) is 0 Å². The predicted molar refractivity (Wildman–Crippen MR) is 83.6 cm³/mol. The Bertz CT molecular complexity index is 572. The Labute approximate surface area is 129 Å². The lowest BCUT2D eigenvalue weighted by atomic mass is 10.00. The number of nitrogens with two attached hydrogens (primary N) is 1. The molecule has 0 fully saturated rings. The summed E-state index contributed by atoms with van der Waals surface area (Å²) in [7, 11) is 0. The molecule has 0 aliphatic heterocycles. The molecule has 1 atom stereocenters. The van der Waals surface area contributed by atoms with Gasteiger partial charge in [0.05, 0.1) is 4.47 Å². The molecule has 4 heteroatoms. The number of rotatable bonds is 4. The molecule has 0 radical (unpaired) electrons. The largest absolute Gasteiger partial charge is 0.327 e. The first-order valence-electron chi connectivity index (χ1n) is 5.99. The summed E-state index contributed by atoms with van der Waals surface area (Å²) in [6.07, 6.45) is 1.51. The van der Waals surface area contributed by atoms with Crippen LogP contribution in [-0.4, -0.2) is 6.04 Å². The van der Waals surface area contributed by atoms with Gasteiger partial charge >= 0.3 is 0 Å². The summed E-state index contributed by atoms with van der Waals surface area (Å²) in [6.45, 7) is 0. The van der Waals surface area contributed by atoms with E-state index in [1.807, 2.05) is 18.2 Å². The molecule has 2 N–H and O–H groups in total. The first-order chi connectivity index (χ1) is 9.06. The number of benzene rings is 2. The average Bonchev–Trinajstić information content (AvgIpc) is 2.37. The van der Waals surface area contributed by atoms with Gasteiger partial charge in [-0.05, 0) is 58.1 Å². The summed E-state index contributed by atoms with van der Waals surface area (Å²) in [5.74, 6) is -0.247. The molecule has 1 unspecified atom stereocenters. The zero-order chi connectivity index (χ0) is 13.8. The van der Waals surface area contributed by atoms with Gasteiger partial charge in [0.2, 0.25) is 0 Å². The molecular weight excluding hydrogens is 373 g/mol. The van der Waals surface area contributed by atoms with Crippen LogP contribution in [0.15, 0.2) is 51.4 Å². The highest BCUT2D eigenvalue weighted by atomic mass is 79.9. The monoisotopic (exact) mass is 385 g/mol. The summed E-state index contributed by atoms with van der Waals surface area (Å²) in [4.78, 5) is 0. The minimum Gasteiger partial charge on any atom is -0.327 e. The molecule has 0 heterocycles. The second-order valence-electron chi connectivity index (χ2n) is 4.51. The van der Waals surface area contributed by atoms with Crippen LogP contribution in [0.1, 0.15) is 11.1 Å². The molecule has 100 valence electrons. The molecule has 0 aliphatic rings. The van der Waals surface area contributed by atoms with Gasteiger partial charge in [-0.15, -0.1) is 0 Å². The second kappa shape index (κ2) is 6.64. The van der Waals surface area contributed by atoms with E-state index in [1.165, 1.54) is 11.6 Å². The Morgan fingerprint density at radius 1 is 1.00 bits per heavy atom. The molecule has 0 saturated heterocycles. The smallest absolute Gasteiger partial charge is 0.137 e. The number of hydrogen-bond donors (Lipinski definition) is 1. The van der Waals surface area contributed by atoms with Gasteiger partial charge in [-0.2, -0.15) is 0 Å². The molecule has 2 aromatic carbocycles. The normalized spacial score (nSPS) is 12.4. The summed E-state index contributed by atoms with van der Waals surface area (Å²) < 4.78 is 14.7. The SMILES string of the molecule is NC(Cc1ccc(F)c(Br)c1)Cc1ccccc1Br. The number of hydrogen-bond acceptors (Lipinski definition) is 1. The van der Waals surface area contributed by atoms with E-state index in [4.69, 9.17) is 5.73 Å². The molecule has 1 nitrogen and oxygen atoms in total. The van der Waals surface area contributed by atoms with Crippen LogP contribution < -0.4 is 5.73 Å². The molecule has 0 aromatic heterocycles. The zero-order valence-electron chi connectivity index (χ0n) is 10.2. The van der Waals surface area contributed by atoms with Gasteiger partial charge in [0.1, 0.15) is 5.82 Å². The zero-order valence-corrected chi connectivity index (χ0v) is 13.4. The van der Waals surface area contributed by atoms with Crippen molar-refractivity contribution < 1.29 is 4.39 Å². The summed E-state index contributed by atoms with van der Waals surface area (Å²) in [5, 5.41) is 0. The van der Waals surface area contributed by atoms with Crippen molar-refractivity contribution in [3.05, 3.63) is 68.4 Å².